The molecule has 0 spiro atoms. The first kappa shape index (κ1) is 36.8. The number of unbranched alkanes of at least 4 members (excludes halogenated alkanes) is 1. The molecule has 0 amide bonds. The van der Waals surface area contributed by atoms with E-state index in [1.807, 2.05) is 55.4 Å². The molecule has 31 heavy (non-hydrogen) atoms. The molecule has 2 rings (SSSR count). The molecule has 0 aliphatic heterocycles. The smallest absolute Gasteiger partial charge is 0.0190 e. The van der Waals surface area contributed by atoms with Crippen molar-refractivity contribution in [1.29, 1.82) is 0 Å². The van der Waals surface area contributed by atoms with Gasteiger partial charge in [-0.05, 0) is 35.8 Å². The summed E-state index contributed by atoms with van der Waals surface area (Å²) in [6.07, 6.45) is 6.54. The van der Waals surface area contributed by atoms with Gasteiger partial charge in [0, 0.05) is 0 Å². The van der Waals surface area contributed by atoms with Gasteiger partial charge >= 0.3 is 0 Å². The van der Waals surface area contributed by atoms with E-state index in [-0.39, 0.29) is 0 Å². The van der Waals surface area contributed by atoms with Crippen LogP contribution in [-0.4, -0.2) is 0 Å². The molecule has 0 nitrogen and oxygen atoms in total. The highest BCUT2D eigenvalue weighted by atomic mass is 14.1. The predicted octanol–water partition coefficient (Wildman–Crippen LogP) is 11.7. The fourth-order valence-electron chi connectivity index (χ4n) is 2.84. The minimum atomic E-state index is 0.723. The van der Waals surface area contributed by atoms with Gasteiger partial charge in [0.15, 0.2) is 0 Å². The molecule has 0 aliphatic rings. The lowest BCUT2D eigenvalue weighted by Crippen LogP contribution is -1.92. The zero-order valence-electron chi connectivity index (χ0n) is 23.5. The number of hydrogen-bond donors (Lipinski definition) is 0. The molecule has 0 heteroatoms. The van der Waals surface area contributed by atoms with Crippen molar-refractivity contribution in [3.63, 3.8) is 0 Å². The quantitative estimate of drug-likeness (QED) is 0.409. The summed E-state index contributed by atoms with van der Waals surface area (Å²) in [7, 11) is 0. The Hall–Kier alpha value is -1.56. The van der Waals surface area contributed by atoms with Crippen molar-refractivity contribution in [1.82, 2.24) is 0 Å². The van der Waals surface area contributed by atoms with E-state index in [1.54, 1.807) is 0 Å². The zero-order chi connectivity index (χ0) is 24.9. The van der Waals surface area contributed by atoms with E-state index in [0.29, 0.717) is 0 Å². The summed E-state index contributed by atoms with van der Waals surface area (Å²) < 4.78 is 0. The maximum absolute atomic E-state index is 2.31. The summed E-state index contributed by atoms with van der Waals surface area (Å²) in [5.41, 5.74) is 2.94. The van der Waals surface area contributed by atoms with Crippen LogP contribution in [0.4, 0.5) is 0 Å². The van der Waals surface area contributed by atoms with Crippen LogP contribution in [0.5, 0.6) is 0 Å². The van der Waals surface area contributed by atoms with E-state index >= 15 is 0 Å². The van der Waals surface area contributed by atoms with Crippen molar-refractivity contribution >= 4 is 0 Å². The molecule has 182 valence electrons. The predicted molar refractivity (Wildman–Crippen MR) is 150 cm³/mol. The van der Waals surface area contributed by atoms with Crippen LogP contribution < -0.4 is 0 Å². The number of hydrogen-bond acceptors (Lipinski definition) is 0. The molecule has 0 radical (unpaired) electrons. The van der Waals surface area contributed by atoms with Crippen molar-refractivity contribution in [2.75, 3.05) is 0 Å². The highest BCUT2D eigenvalue weighted by molar-refractivity contribution is 5.19. The van der Waals surface area contributed by atoms with Gasteiger partial charge in [-0.2, -0.15) is 0 Å². The van der Waals surface area contributed by atoms with Gasteiger partial charge in [0.25, 0.3) is 0 Å². The second-order valence-corrected chi connectivity index (χ2v) is 6.55. The largest absolute Gasteiger partial charge is 0.0683 e. The lowest BCUT2D eigenvalue weighted by Gasteiger charge is -2.10. The van der Waals surface area contributed by atoms with Crippen LogP contribution in [0, 0.1) is 0 Å². The Labute approximate surface area is 198 Å². The first-order chi connectivity index (χ1) is 15.2. The lowest BCUT2D eigenvalue weighted by molar-refractivity contribution is 0.624. The highest BCUT2D eigenvalue weighted by Gasteiger charge is 2.02. The van der Waals surface area contributed by atoms with Gasteiger partial charge in [0.2, 0.25) is 0 Å². The first-order valence-electron chi connectivity index (χ1n) is 13.3. The maximum Gasteiger partial charge on any atom is -0.0190 e. The summed E-state index contributed by atoms with van der Waals surface area (Å²) in [6.45, 7) is 25.1. The standard InChI is InChI=1S/C12H18.C11H16.4C2H6/c1-3-4-8-11(2)12-9-6-5-7-10-12;1-3-7-10(2)11-8-5-4-6-9-11;4*1-2/h5-7,9-11H,3-4,8H2,1-2H3;4-6,8-10H,3,7H2,1-2H3;4*1-2H3. The summed E-state index contributed by atoms with van der Waals surface area (Å²) >= 11 is 0. The van der Waals surface area contributed by atoms with E-state index in [0.717, 1.165) is 11.8 Å². The SMILES string of the molecule is CC.CC.CC.CC.CCCC(C)c1ccccc1.CCCCC(C)c1ccccc1. The van der Waals surface area contributed by atoms with Crippen LogP contribution in [0.25, 0.3) is 0 Å². The Balaban J connectivity index is -0.000000178. The van der Waals surface area contributed by atoms with Gasteiger partial charge in [-0.1, -0.05) is 163 Å². The van der Waals surface area contributed by atoms with E-state index in [1.165, 1.54) is 43.2 Å². The Kier molecular flexibility index (Phi) is 39.3. The second-order valence-electron chi connectivity index (χ2n) is 6.55. The highest BCUT2D eigenvalue weighted by Crippen LogP contribution is 2.20. The summed E-state index contributed by atoms with van der Waals surface area (Å²) in [5.74, 6) is 1.45. The average molecular weight is 431 g/mol. The van der Waals surface area contributed by atoms with Crippen molar-refractivity contribution in [2.45, 2.75) is 127 Å². The second kappa shape index (κ2) is 33.1. The Morgan fingerprint density at radius 2 is 0.806 bits per heavy atom. The molecule has 0 aromatic heterocycles. The minimum absolute atomic E-state index is 0.723. The van der Waals surface area contributed by atoms with E-state index < -0.39 is 0 Å². The Morgan fingerprint density at radius 3 is 1.10 bits per heavy atom. The maximum atomic E-state index is 2.31. The van der Waals surface area contributed by atoms with Gasteiger partial charge in [-0.25, -0.2) is 0 Å². The molecule has 2 atom stereocenters. The van der Waals surface area contributed by atoms with Crippen LogP contribution in [0.15, 0.2) is 60.7 Å². The van der Waals surface area contributed by atoms with Crippen LogP contribution in [0.3, 0.4) is 0 Å². The van der Waals surface area contributed by atoms with Crippen LogP contribution in [-0.2, 0) is 0 Å². The topological polar surface area (TPSA) is 0 Å². The number of benzene rings is 2. The summed E-state index contributed by atoms with van der Waals surface area (Å²) in [6, 6.07) is 21.5. The van der Waals surface area contributed by atoms with Gasteiger partial charge in [-0.15, -0.1) is 0 Å². The van der Waals surface area contributed by atoms with Gasteiger partial charge in [0.05, 0.1) is 0 Å². The molecule has 0 saturated carbocycles. The van der Waals surface area contributed by atoms with Gasteiger partial charge in [0.1, 0.15) is 0 Å². The summed E-state index contributed by atoms with van der Waals surface area (Å²) in [5, 5.41) is 0. The van der Waals surface area contributed by atoms with E-state index in [4.69, 9.17) is 0 Å². The summed E-state index contributed by atoms with van der Waals surface area (Å²) in [4.78, 5) is 0. The molecule has 0 bridgehead atoms. The van der Waals surface area contributed by atoms with Crippen molar-refractivity contribution in [3.8, 4) is 0 Å². The fourth-order valence-corrected chi connectivity index (χ4v) is 2.84. The molecule has 2 aromatic carbocycles. The molecular formula is C31H58. The van der Waals surface area contributed by atoms with Crippen molar-refractivity contribution < 1.29 is 0 Å². The molecule has 0 saturated heterocycles. The van der Waals surface area contributed by atoms with Gasteiger partial charge < -0.3 is 0 Å². The molecule has 0 aliphatic carbocycles. The third-order valence-electron chi connectivity index (χ3n) is 4.45. The molecule has 2 aromatic rings. The average Bonchev–Trinajstić information content (AvgIpc) is 2.89. The molecule has 0 fully saturated rings. The zero-order valence-corrected chi connectivity index (χ0v) is 23.5. The normalized spacial score (nSPS) is 10.3. The van der Waals surface area contributed by atoms with Crippen LogP contribution in [0.1, 0.15) is 138 Å². The molecule has 0 heterocycles. The van der Waals surface area contributed by atoms with Crippen LogP contribution >= 0.6 is 0 Å². The molecule has 2 unspecified atom stereocenters. The van der Waals surface area contributed by atoms with E-state index in [9.17, 15) is 0 Å². The monoisotopic (exact) mass is 430 g/mol. The lowest BCUT2D eigenvalue weighted by atomic mass is 9.96. The minimum Gasteiger partial charge on any atom is -0.0683 e. The third-order valence-corrected chi connectivity index (χ3v) is 4.45. The van der Waals surface area contributed by atoms with E-state index in [2.05, 4.69) is 88.4 Å². The fraction of sp³-hybridized carbons (Fsp3) is 0.613. The molecular weight excluding hydrogens is 372 g/mol. The van der Waals surface area contributed by atoms with Crippen molar-refractivity contribution in [3.05, 3.63) is 71.8 Å². The van der Waals surface area contributed by atoms with Crippen LogP contribution in [0.2, 0.25) is 0 Å². The first-order valence-corrected chi connectivity index (χ1v) is 13.3. The molecule has 0 N–H and O–H groups in total. The van der Waals surface area contributed by atoms with Crippen molar-refractivity contribution in [2.24, 2.45) is 0 Å². The van der Waals surface area contributed by atoms with Gasteiger partial charge in [-0.3, -0.25) is 0 Å². The Morgan fingerprint density at radius 1 is 0.484 bits per heavy atom. The number of rotatable bonds is 7. The Bertz CT molecular complexity index is 486. The third kappa shape index (κ3) is 22.9.